The number of carboxylic acids is 1. The summed E-state index contributed by atoms with van der Waals surface area (Å²) in [5.41, 5.74) is 0.966. The van der Waals surface area contributed by atoms with Crippen LogP contribution in [0.2, 0.25) is 5.02 Å². The lowest BCUT2D eigenvalue weighted by atomic mass is 9.95. The number of amides is 1. The third kappa shape index (κ3) is 4.52. The van der Waals surface area contributed by atoms with Gasteiger partial charge in [0.2, 0.25) is 0 Å². The summed E-state index contributed by atoms with van der Waals surface area (Å²) in [6.45, 7) is 0.0784. The number of likely N-dealkylation sites (tertiary alicyclic amines) is 1. The average Bonchev–Trinajstić information content (AvgIpc) is 2.93. The highest BCUT2D eigenvalue weighted by molar-refractivity contribution is 9.10. The highest BCUT2D eigenvalue weighted by atomic mass is 79.9. The van der Waals surface area contributed by atoms with Crippen LogP contribution in [-0.2, 0) is 14.4 Å². The number of hydrogen-bond donors (Lipinski definition) is 2. The van der Waals surface area contributed by atoms with Crippen LogP contribution in [0, 0.1) is 0 Å². The van der Waals surface area contributed by atoms with Gasteiger partial charge in [0.25, 0.3) is 11.7 Å². The molecule has 6 nitrogen and oxygen atoms in total. The first-order valence-corrected chi connectivity index (χ1v) is 9.98. The summed E-state index contributed by atoms with van der Waals surface area (Å²) >= 11 is 9.25. The van der Waals surface area contributed by atoms with E-state index >= 15 is 0 Å². The van der Waals surface area contributed by atoms with Crippen molar-refractivity contribution in [3.8, 4) is 0 Å². The molecule has 0 spiro atoms. The van der Waals surface area contributed by atoms with Gasteiger partial charge in [-0.3, -0.25) is 14.4 Å². The second-order valence-electron chi connectivity index (χ2n) is 6.55. The molecule has 8 heteroatoms. The molecule has 1 saturated heterocycles. The van der Waals surface area contributed by atoms with Crippen LogP contribution in [0.15, 0.2) is 58.6 Å². The Morgan fingerprint density at radius 3 is 2.24 bits per heavy atom. The lowest BCUT2D eigenvalue weighted by molar-refractivity contribution is -0.140. The van der Waals surface area contributed by atoms with Crippen molar-refractivity contribution < 1.29 is 24.6 Å². The van der Waals surface area contributed by atoms with Crippen molar-refractivity contribution >= 4 is 50.9 Å². The molecule has 29 heavy (non-hydrogen) atoms. The minimum absolute atomic E-state index is 0.0324. The van der Waals surface area contributed by atoms with Gasteiger partial charge in [-0.15, -0.1) is 0 Å². The monoisotopic (exact) mass is 477 g/mol. The van der Waals surface area contributed by atoms with E-state index in [4.69, 9.17) is 16.7 Å². The maximum Gasteiger partial charge on any atom is 0.303 e. The Morgan fingerprint density at radius 2 is 1.66 bits per heavy atom. The molecule has 1 aliphatic rings. The number of hydrogen-bond acceptors (Lipinski definition) is 4. The molecule has 2 N–H and O–H groups in total. The molecule has 150 valence electrons. The number of rotatable bonds is 6. The van der Waals surface area contributed by atoms with Crippen molar-refractivity contribution in [3.63, 3.8) is 0 Å². The highest BCUT2D eigenvalue weighted by Crippen LogP contribution is 2.39. The second kappa shape index (κ2) is 8.80. The summed E-state index contributed by atoms with van der Waals surface area (Å²) < 4.78 is 0.821. The van der Waals surface area contributed by atoms with Crippen molar-refractivity contribution in [1.82, 2.24) is 4.90 Å². The number of carboxylic acid groups (broad SMARTS) is 1. The van der Waals surface area contributed by atoms with Crippen molar-refractivity contribution in [3.05, 3.63) is 74.7 Å². The molecule has 1 aliphatic heterocycles. The highest BCUT2D eigenvalue weighted by Gasteiger charge is 2.45. The molecule has 0 aromatic heterocycles. The molecular weight excluding hydrogens is 462 g/mol. The Kier molecular flexibility index (Phi) is 6.39. The summed E-state index contributed by atoms with van der Waals surface area (Å²) in [5, 5.41) is 20.2. The van der Waals surface area contributed by atoms with Crippen LogP contribution in [0.3, 0.4) is 0 Å². The van der Waals surface area contributed by atoms with Crippen LogP contribution in [0.4, 0.5) is 0 Å². The van der Waals surface area contributed by atoms with Crippen molar-refractivity contribution in [2.75, 3.05) is 6.54 Å². The molecule has 0 aliphatic carbocycles. The van der Waals surface area contributed by atoms with Crippen LogP contribution in [-0.4, -0.2) is 39.3 Å². The SMILES string of the molecule is O=C(O)CCCN1C(=O)C(=O)C(=C(O)c2ccc(Cl)cc2)[C@H]1c1ccc(Br)cc1. The van der Waals surface area contributed by atoms with Gasteiger partial charge in [-0.05, 0) is 48.4 Å². The number of ketones is 1. The Hall–Kier alpha value is -2.64. The largest absolute Gasteiger partial charge is 0.507 e. The molecule has 3 rings (SSSR count). The van der Waals surface area contributed by atoms with Gasteiger partial charge in [0, 0.05) is 28.0 Å². The van der Waals surface area contributed by atoms with Gasteiger partial charge in [0.05, 0.1) is 11.6 Å². The maximum absolute atomic E-state index is 12.8. The van der Waals surface area contributed by atoms with Crippen molar-refractivity contribution in [1.29, 1.82) is 0 Å². The first kappa shape index (κ1) is 21.1. The van der Waals surface area contributed by atoms with E-state index in [9.17, 15) is 19.5 Å². The van der Waals surface area contributed by atoms with Crippen LogP contribution >= 0.6 is 27.5 Å². The first-order chi connectivity index (χ1) is 13.8. The zero-order chi connectivity index (χ0) is 21.1. The van der Waals surface area contributed by atoms with Gasteiger partial charge < -0.3 is 15.1 Å². The van der Waals surface area contributed by atoms with Crippen LogP contribution in [0.1, 0.15) is 30.0 Å². The topological polar surface area (TPSA) is 94.9 Å². The Balaban J connectivity index is 2.08. The van der Waals surface area contributed by atoms with Crippen LogP contribution in [0.5, 0.6) is 0 Å². The predicted molar refractivity (Wildman–Crippen MR) is 111 cm³/mol. The number of halogens is 2. The summed E-state index contributed by atoms with van der Waals surface area (Å²) in [5.74, 6) is -2.85. The van der Waals surface area contributed by atoms with Gasteiger partial charge in [-0.2, -0.15) is 0 Å². The molecular formula is C21H17BrClNO5. The van der Waals surface area contributed by atoms with Crippen molar-refractivity contribution in [2.24, 2.45) is 0 Å². The minimum Gasteiger partial charge on any atom is -0.507 e. The van der Waals surface area contributed by atoms with Gasteiger partial charge >= 0.3 is 5.97 Å². The van der Waals surface area contributed by atoms with E-state index in [2.05, 4.69) is 15.9 Å². The molecule has 2 aromatic carbocycles. The standard InChI is InChI=1S/C21H17BrClNO5/c22-14-7-3-12(4-8-14)18-17(19(27)13-5-9-15(23)10-6-13)20(28)21(29)24(18)11-1-2-16(25)26/h3-10,18,27H,1-2,11H2,(H,25,26)/t18-/m1/s1. The first-order valence-electron chi connectivity index (χ1n) is 8.81. The normalized spacial score (nSPS) is 18.3. The number of aliphatic hydroxyl groups is 1. The number of Topliss-reactive ketones (excluding diaryl/α,β-unsaturated/α-hetero) is 1. The van der Waals surface area contributed by atoms with Gasteiger partial charge in [-0.1, -0.05) is 39.7 Å². The number of nitrogens with zero attached hydrogens (tertiary/aromatic N) is 1. The lowest BCUT2D eigenvalue weighted by Gasteiger charge is -2.25. The van der Waals surface area contributed by atoms with E-state index in [1.165, 1.54) is 4.90 Å². The number of carbonyl (C=O) groups is 3. The van der Waals surface area contributed by atoms with E-state index in [0.29, 0.717) is 16.1 Å². The van der Waals surface area contributed by atoms with Crippen LogP contribution < -0.4 is 0 Å². The smallest absolute Gasteiger partial charge is 0.303 e. The van der Waals surface area contributed by atoms with E-state index < -0.39 is 23.7 Å². The molecule has 0 saturated carbocycles. The number of aliphatic carboxylic acids is 1. The third-order valence-electron chi connectivity index (χ3n) is 4.63. The maximum atomic E-state index is 12.8. The Bertz CT molecular complexity index is 985. The molecule has 1 atom stereocenters. The van der Waals surface area contributed by atoms with Gasteiger partial charge in [-0.25, -0.2) is 0 Å². The lowest BCUT2D eigenvalue weighted by Crippen LogP contribution is -2.31. The molecule has 0 unspecified atom stereocenters. The predicted octanol–water partition coefficient (Wildman–Crippen LogP) is 4.39. The fourth-order valence-corrected chi connectivity index (χ4v) is 3.66. The number of aliphatic hydroxyl groups excluding tert-OH is 1. The number of carbonyl (C=O) groups excluding carboxylic acids is 2. The summed E-state index contributed by atoms with van der Waals surface area (Å²) in [7, 11) is 0. The Morgan fingerprint density at radius 1 is 1.03 bits per heavy atom. The zero-order valence-corrected chi connectivity index (χ0v) is 17.5. The molecule has 1 heterocycles. The fraction of sp³-hybridized carbons (Fsp3) is 0.190. The zero-order valence-electron chi connectivity index (χ0n) is 15.1. The molecule has 0 radical (unpaired) electrons. The molecule has 0 bridgehead atoms. The Labute approximate surface area is 180 Å². The molecule has 2 aromatic rings. The third-order valence-corrected chi connectivity index (χ3v) is 5.41. The van der Waals surface area contributed by atoms with E-state index in [1.54, 1.807) is 48.5 Å². The molecule has 1 amide bonds. The van der Waals surface area contributed by atoms with Gasteiger partial charge in [0.1, 0.15) is 5.76 Å². The average molecular weight is 479 g/mol. The van der Waals surface area contributed by atoms with Gasteiger partial charge in [0.15, 0.2) is 0 Å². The van der Waals surface area contributed by atoms with E-state index in [-0.39, 0.29) is 30.7 Å². The summed E-state index contributed by atoms with van der Waals surface area (Å²) in [6, 6.07) is 12.5. The second-order valence-corrected chi connectivity index (χ2v) is 7.90. The van der Waals surface area contributed by atoms with E-state index in [0.717, 1.165) is 4.47 Å². The quantitative estimate of drug-likeness (QED) is 0.365. The van der Waals surface area contributed by atoms with E-state index in [1.807, 2.05) is 0 Å². The number of benzene rings is 2. The summed E-state index contributed by atoms with van der Waals surface area (Å²) in [6.07, 6.45) is 0.0591. The van der Waals surface area contributed by atoms with Crippen molar-refractivity contribution in [2.45, 2.75) is 18.9 Å². The minimum atomic E-state index is -0.983. The fourth-order valence-electron chi connectivity index (χ4n) is 3.27. The van der Waals surface area contributed by atoms with Crippen LogP contribution in [0.25, 0.3) is 5.76 Å². The molecule has 1 fully saturated rings. The summed E-state index contributed by atoms with van der Waals surface area (Å²) in [4.78, 5) is 37.6.